The lowest BCUT2D eigenvalue weighted by molar-refractivity contribution is 0.101. The number of nitrogens with zero attached hydrogens (tertiary/aromatic N) is 3. The first-order chi connectivity index (χ1) is 13.3. The van der Waals surface area contributed by atoms with Crippen LogP contribution >= 0.6 is 11.8 Å². The molecule has 5 rings (SSSR count). The van der Waals surface area contributed by atoms with Crippen molar-refractivity contribution >= 4 is 23.4 Å². The van der Waals surface area contributed by atoms with Gasteiger partial charge in [0.1, 0.15) is 0 Å². The molecular formula is C19H14N4O3S. The Bertz CT molecular complexity index is 1090. The quantitative estimate of drug-likeness (QED) is 0.574. The highest BCUT2D eigenvalue weighted by Crippen LogP contribution is 2.32. The third-order valence-electron chi connectivity index (χ3n) is 4.26. The van der Waals surface area contributed by atoms with Gasteiger partial charge >= 0.3 is 0 Å². The number of hydrogen-bond acceptors (Lipinski definition) is 6. The van der Waals surface area contributed by atoms with Gasteiger partial charge in [-0.1, -0.05) is 35.1 Å². The number of thioether (sulfide) groups is 1. The van der Waals surface area contributed by atoms with Crippen LogP contribution in [0, 0.1) is 0 Å². The first-order valence-electron chi connectivity index (χ1n) is 8.39. The van der Waals surface area contributed by atoms with Crippen molar-refractivity contribution in [3.05, 3.63) is 60.6 Å². The number of imidazole rings is 1. The van der Waals surface area contributed by atoms with Crippen LogP contribution in [0.1, 0.15) is 10.5 Å². The average molecular weight is 378 g/mol. The second-order valence-electron chi connectivity index (χ2n) is 6.00. The monoisotopic (exact) mass is 378 g/mol. The Labute approximate surface area is 158 Å². The van der Waals surface area contributed by atoms with Gasteiger partial charge in [-0.15, -0.1) is 0 Å². The molecule has 3 aromatic heterocycles. The molecule has 0 bridgehead atoms. The smallest absolute Gasteiger partial charge is 0.277 e. The third-order valence-corrected chi connectivity index (χ3v) is 5.23. The molecule has 1 aliphatic heterocycles. The fraction of sp³-hybridized carbons (Fsp3) is 0.105. The lowest BCUT2D eigenvalue weighted by atomic mass is 10.1. The van der Waals surface area contributed by atoms with Crippen LogP contribution in [0.5, 0.6) is 0 Å². The van der Waals surface area contributed by atoms with Gasteiger partial charge in [0.15, 0.2) is 16.6 Å². The number of nitrogens with one attached hydrogen (secondary N) is 1. The van der Waals surface area contributed by atoms with Gasteiger partial charge in [-0.3, -0.25) is 4.79 Å². The van der Waals surface area contributed by atoms with Crippen molar-refractivity contribution in [1.82, 2.24) is 14.7 Å². The topological polar surface area (TPSA) is 86.1 Å². The molecule has 1 aliphatic rings. The first kappa shape index (κ1) is 16.0. The zero-order chi connectivity index (χ0) is 18.2. The van der Waals surface area contributed by atoms with E-state index in [0.29, 0.717) is 17.2 Å². The zero-order valence-corrected chi connectivity index (χ0v) is 14.9. The SMILES string of the molecule is O=C(Nc1ccccc1-c1cn2c(n1)SCC2)c1cc(-c2ccco2)on1. The molecule has 1 aromatic carbocycles. The predicted molar refractivity (Wildman–Crippen MR) is 101 cm³/mol. The molecule has 7 nitrogen and oxygen atoms in total. The molecular weight excluding hydrogens is 364 g/mol. The van der Waals surface area contributed by atoms with Crippen molar-refractivity contribution in [2.24, 2.45) is 0 Å². The molecule has 1 N–H and O–H groups in total. The number of amides is 1. The number of fused-ring (bicyclic) bond motifs is 1. The molecule has 0 atom stereocenters. The molecule has 1 amide bonds. The second kappa shape index (κ2) is 6.48. The number of anilines is 1. The summed E-state index contributed by atoms with van der Waals surface area (Å²) in [5.74, 6) is 1.61. The summed E-state index contributed by atoms with van der Waals surface area (Å²) in [6.07, 6.45) is 3.56. The van der Waals surface area contributed by atoms with Gasteiger partial charge in [0, 0.05) is 30.1 Å². The molecule has 0 aliphatic carbocycles. The van der Waals surface area contributed by atoms with Crippen molar-refractivity contribution in [3.8, 4) is 22.8 Å². The molecule has 0 fully saturated rings. The number of benzene rings is 1. The molecule has 134 valence electrons. The molecule has 8 heteroatoms. The van der Waals surface area contributed by atoms with E-state index in [0.717, 1.165) is 28.7 Å². The van der Waals surface area contributed by atoms with Gasteiger partial charge in [0.25, 0.3) is 5.91 Å². The lowest BCUT2D eigenvalue weighted by Crippen LogP contribution is -2.12. The molecule has 0 saturated carbocycles. The van der Waals surface area contributed by atoms with Gasteiger partial charge in [0.2, 0.25) is 5.76 Å². The maximum Gasteiger partial charge on any atom is 0.277 e. The van der Waals surface area contributed by atoms with Gasteiger partial charge in [0.05, 0.1) is 17.6 Å². The van der Waals surface area contributed by atoms with Crippen molar-refractivity contribution in [2.45, 2.75) is 11.7 Å². The van der Waals surface area contributed by atoms with E-state index in [9.17, 15) is 4.79 Å². The van der Waals surface area contributed by atoms with Gasteiger partial charge in [-0.05, 0) is 18.2 Å². The summed E-state index contributed by atoms with van der Waals surface area (Å²) in [5.41, 5.74) is 2.55. The van der Waals surface area contributed by atoms with Crippen LogP contribution in [-0.2, 0) is 6.54 Å². The Morgan fingerprint density at radius 2 is 2.11 bits per heavy atom. The highest BCUT2D eigenvalue weighted by atomic mass is 32.2. The number of aromatic nitrogens is 3. The van der Waals surface area contributed by atoms with Crippen molar-refractivity contribution in [1.29, 1.82) is 0 Å². The highest BCUT2D eigenvalue weighted by molar-refractivity contribution is 7.99. The van der Waals surface area contributed by atoms with E-state index in [1.54, 1.807) is 30.0 Å². The van der Waals surface area contributed by atoms with Crippen LogP contribution in [0.15, 0.2) is 69.0 Å². The fourth-order valence-corrected chi connectivity index (χ4v) is 3.90. The number of para-hydroxylation sites is 1. The fourth-order valence-electron chi connectivity index (χ4n) is 2.96. The molecule has 4 heterocycles. The summed E-state index contributed by atoms with van der Waals surface area (Å²) in [6.45, 7) is 0.954. The summed E-state index contributed by atoms with van der Waals surface area (Å²) >= 11 is 1.73. The summed E-state index contributed by atoms with van der Waals surface area (Å²) in [6, 6.07) is 12.6. The minimum atomic E-state index is -0.356. The van der Waals surface area contributed by atoms with Crippen molar-refractivity contribution in [3.63, 3.8) is 0 Å². The maximum atomic E-state index is 12.6. The first-order valence-corrected chi connectivity index (χ1v) is 9.38. The molecule has 27 heavy (non-hydrogen) atoms. The van der Waals surface area contributed by atoms with Crippen LogP contribution < -0.4 is 5.32 Å². The molecule has 0 spiro atoms. The van der Waals surface area contributed by atoms with E-state index in [-0.39, 0.29) is 11.6 Å². The van der Waals surface area contributed by atoms with E-state index in [4.69, 9.17) is 8.94 Å². The van der Waals surface area contributed by atoms with Gasteiger partial charge < -0.3 is 18.8 Å². The Hall–Kier alpha value is -3.26. The molecule has 0 unspecified atom stereocenters. The minimum Gasteiger partial charge on any atom is -0.461 e. The number of hydrogen-bond donors (Lipinski definition) is 1. The van der Waals surface area contributed by atoms with Crippen LogP contribution in [0.4, 0.5) is 5.69 Å². The zero-order valence-electron chi connectivity index (χ0n) is 14.1. The van der Waals surface area contributed by atoms with E-state index in [1.807, 2.05) is 30.5 Å². The van der Waals surface area contributed by atoms with Crippen LogP contribution in [0.3, 0.4) is 0 Å². The third kappa shape index (κ3) is 2.93. The van der Waals surface area contributed by atoms with E-state index in [1.165, 1.54) is 6.26 Å². The van der Waals surface area contributed by atoms with Gasteiger partial charge in [-0.25, -0.2) is 4.98 Å². The van der Waals surface area contributed by atoms with E-state index in [2.05, 4.69) is 20.0 Å². The Kier molecular flexibility index (Phi) is 3.83. The van der Waals surface area contributed by atoms with Crippen LogP contribution in [0.2, 0.25) is 0 Å². The average Bonchev–Trinajstić information content (AvgIpc) is 3.45. The Morgan fingerprint density at radius 3 is 2.96 bits per heavy atom. The second-order valence-corrected chi connectivity index (χ2v) is 7.07. The summed E-state index contributed by atoms with van der Waals surface area (Å²) in [5, 5.41) is 7.75. The molecule has 4 aromatic rings. The van der Waals surface area contributed by atoms with Crippen molar-refractivity contribution < 1.29 is 13.7 Å². The van der Waals surface area contributed by atoms with E-state index >= 15 is 0 Å². The lowest BCUT2D eigenvalue weighted by Gasteiger charge is -2.08. The maximum absolute atomic E-state index is 12.6. The summed E-state index contributed by atoms with van der Waals surface area (Å²) in [4.78, 5) is 17.3. The number of rotatable bonds is 4. The van der Waals surface area contributed by atoms with E-state index < -0.39 is 0 Å². The van der Waals surface area contributed by atoms with Crippen LogP contribution in [0.25, 0.3) is 22.8 Å². The number of carbonyl (C=O) groups excluding carboxylic acids is 1. The normalized spacial score (nSPS) is 12.9. The van der Waals surface area contributed by atoms with Crippen molar-refractivity contribution in [2.75, 3.05) is 11.1 Å². The van der Waals surface area contributed by atoms with Gasteiger partial charge in [-0.2, -0.15) is 0 Å². The highest BCUT2D eigenvalue weighted by Gasteiger charge is 2.19. The number of aryl methyl sites for hydroxylation is 1. The largest absolute Gasteiger partial charge is 0.461 e. The number of furan rings is 1. The summed E-state index contributed by atoms with van der Waals surface area (Å²) < 4.78 is 12.6. The summed E-state index contributed by atoms with van der Waals surface area (Å²) in [7, 11) is 0. The Balaban J connectivity index is 1.41. The minimum absolute atomic E-state index is 0.180. The van der Waals surface area contributed by atoms with Crippen LogP contribution in [-0.4, -0.2) is 26.4 Å². The number of carbonyl (C=O) groups is 1. The molecule has 0 radical (unpaired) electrons. The molecule has 0 saturated heterocycles. The predicted octanol–water partition coefficient (Wildman–Crippen LogP) is 4.16. The standard InChI is InChI=1S/C19H14N4O3S/c24-18(14-10-17(26-22-14)16-6-3-8-25-16)20-13-5-2-1-4-12(13)15-11-23-7-9-27-19(23)21-15/h1-6,8,10-11H,7,9H2,(H,20,24). The Morgan fingerprint density at radius 1 is 1.19 bits per heavy atom.